The number of nitrogens with two attached hydrogens (primary N) is 1. The molecule has 0 aliphatic carbocycles. The average molecular weight is 203 g/mol. The molecular weight excluding hydrogens is 181 g/mol. The molecule has 2 nitrogen and oxygen atoms in total. The van der Waals surface area contributed by atoms with Crippen molar-refractivity contribution in [1.29, 1.82) is 0 Å². The van der Waals surface area contributed by atoms with Gasteiger partial charge in [0.1, 0.15) is 0 Å². The highest BCUT2D eigenvalue weighted by atomic mass is 19.1. The van der Waals surface area contributed by atoms with Crippen LogP contribution >= 0.6 is 0 Å². The van der Waals surface area contributed by atoms with Crippen LogP contribution in [0.1, 0.15) is 47.5 Å². The van der Waals surface area contributed by atoms with Crippen molar-refractivity contribution >= 4 is 5.91 Å². The summed E-state index contributed by atoms with van der Waals surface area (Å²) in [5, 5.41) is 0. The Labute approximate surface area is 86.1 Å². The summed E-state index contributed by atoms with van der Waals surface area (Å²) in [4.78, 5) is 11.1. The van der Waals surface area contributed by atoms with E-state index in [9.17, 15) is 9.18 Å². The van der Waals surface area contributed by atoms with Gasteiger partial charge in [0.15, 0.2) is 5.67 Å². The van der Waals surface area contributed by atoms with Crippen LogP contribution < -0.4 is 5.73 Å². The molecule has 2 N–H and O–H groups in total. The Morgan fingerprint density at radius 2 is 1.86 bits per heavy atom. The fourth-order valence-electron chi connectivity index (χ4n) is 1.60. The highest BCUT2D eigenvalue weighted by Crippen LogP contribution is 2.36. The van der Waals surface area contributed by atoms with Crippen molar-refractivity contribution in [2.24, 2.45) is 17.1 Å². The number of halogens is 1. The summed E-state index contributed by atoms with van der Waals surface area (Å²) in [6.45, 7) is 9.33. The van der Waals surface area contributed by atoms with Gasteiger partial charge in [-0.05, 0) is 24.2 Å². The van der Waals surface area contributed by atoms with Crippen LogP contribution in [0.5, 0.6) is 0 Å². The number of hydrogen-bond donors (Lipinski definition) is 1. The summed E-state index contributed by atoms with van der Waals surface area (Å²) in [5.74, 6) is -1.15. The lowest BCUT2D eigenvalue weighted by molar-refractivity contribution is -0.135. The molecule has 2 unspecified atom stereocenters. The van der Waals surface area contributed by atoms with Crippen LogP contribution in [0.2, 0.25) is 0 Å². The normalized spacial score (nSPS) is 18.7. The zero-order chi connectivity index (χ0) is 11.6. The maximum Gasteiger partial charge on any atom is 0.255 e. The van der Waals surface area contributed by atoms with Crippen molar-refractivity contribution in [3.05, 3.63) is 0 Å². The molecule has 14 heavy (non-hydrogen) atoms. The minimum atomic E-state index is -1.87. The lowest BCUT2D eigenvalue weighted by Crippen LogP contribution is -2.47. The Morgan fingerprint density at radius 3 is 2.07 bits per heavy atom. The average Bonchev–Trinajstić information content (AvgIpc) is 1.99. The number of hydrogen-bond acceptors (Lipinski definition) is 1. The van der Waals surface area contributed by atoms with Crippen molar-refractivity contribution < 1.29 is 9.18 Å². The first-order valence-corrected chi connectivity index (χ1v) is 5.12. The van der Waals surface area contributed by atoms with Crippen LogP contribution in [0.25, 0.3) is 0 Å². The number of carbonyl (C=O) groups excluding carboxylic acids is 1. The largest absolute Gasteiger partial charge is 0.367 e. The maximum absolute atomic E-state index is 14.3. The summed E-state index contributed by atoms with van der Waals surface area (Å²) < 4.78 is 14.3. The van der Waals surface area contributed by atoms with E-state index in [0.717, 1.165) is 0 Å². The van der Waals surface area contributed by atoms with E-state index in [1.807, 2.05) is 27.7 Å². The minimum Gasteiger partial charge on any atom is -0.367 e. The predicted octanol–water partition coefficient (Wildman–Crippen LogP) is 2.66. The van der Waals surface area contributed by atoms with E-state index in [4.69, 9.17) is 5.73 Å². The van der Waals surface area contributed by atoms with E-state index in [2.05, 4.69) is 0 Å². The van der Waals surface area contributed by atoms with Crippen molar-refractivity contribution in [1.82, 2.24) is 0 Å². The lowest BCUT2D eigenvalue weighted by atomic mass is 9.75. The van der Waals surface area contributed by atoms with Gasteiger partial charge in [0.05, 0.1) is 0 Å². The first-order chi connectivity index (χ1) is 6.13. The van der Waals surface area contributed by atoms with Crippen molar-refractivity contribution in [3.8, 4) is 0 Å². The number of alkyl halides is 1. The van der Waals surface area contributed by atoms with Gasteiger partial charge in [-0.3, -0.25) is 4.79 Å². The number of rotatable bonds is 4. The van der Waals surface area contributed by atoms with Crippen molar-refractivity contribution in [2.45, 2.75) is 53.1 Å². The highest BCUT2D eigenvalue weighted by molar-refractivity contribution is 5.83. The third-order valence-electron chi connectivity index (χ3n) is 2.59. The van der Waals surface area contributed by atoms with Gasteiger partial charge < -0.3 is 5.73 Å². The van der Waals surface area contributed by atoms with Crippen LogP contribution in [0, 0.1) is 11.3 Å². The smallest absolute Gasteiger partial charge is 0.255 e. The Morgan fingerprint density at radius 1 is 1.43 bits per heavy atom. The van der Waals surface area contributed by atoms with E-state index in [-0.39, 0.29) is 17.8 Å². The number of primary amides is 1. The molecule has 84 valence electrons. The Bertz CT molecular complexity index is 210. The van der Waals surface area contributed by atoms with Gasteiger partial charge in [-0.2, -0.15) is 0 Å². The summed E-state index contributed by atoms with van der Waals surface area (Å²) in [7, 11) is 0. The molecule has 2 atom stereocenters. The molecule has 0 saturated heterocycles. The molecule has 3 heteroatoms. The number of carbonyl (C=O) groups is 1. The van der Waals surface area contributed by atoms with E-state index in [1.54, 1.807) is 6.92 Å². The Balaban J connectivity index is 4.83. The van der Waals surface area contributed by atoms with Crippen LogP contribution in [-0.2, 0) is 4.79 Å². The Kier molecular flexibility index (Phi) is 4.10. The third-order valence-corrected chi connectivity index (χ3v) is 2.59. The van der Waals surface area contributed by atoms with Gasteiger partial charge >= 0.3 is 0 Å². The molecule has 0 rings (SSSR count). The Hall–Kier alpha value is -0.600. The van der Waals surface area contributed by atoms with Crippen molar-refractivity contribution in [3.63, 3.8) is 0 Å². The van der Waals surface area contributed by atoms with Gasteiger partial charge in [-0.25, -0.2) is 4.39 Å². The van der Waals surface area contributed by atoms with Gasteiger partial charge in [-0.15, -0.1) is 0 Å². The maximum atomic E-state index is 14.3. The summed E-state index contributed by atoms with van der Waals surface area (Å²) in [5.41, 5.74) is 3.04. The first kappa shape index (κ1) is 13.4. The molecule has 0 aliphatic rings. The van der Waals surface area contributed by atoms with E-state index < -0.39 is 11.6 Å². The molecule has 0 aromatic carbocycles. The van der Waals surface area contributed by atoms with Gasteiger partial charge in [0, 0.05) is 0 Å². The molecule has 1 amide bonds. The second kappa shape index (κ2) is 4.28. The minimum absolute atomic E-state index is 0.185. The fourth-order valence-corrected chi connectivity index (χ4v) is 1.60. The zero-order valence-corrected chi connectivity index (χ0v) is 9.86. The third kappa shape index (κ3) is 3.28. The second-order valence-electron chi connectivity index (χ2n) is 5.27. The quantitative estimate of drug-likeness (QED) is 0.750. The van der Waals surface area contributed by atoms with Gasteiger partial charge in [0.25, 0.3) is 5.91 Å². The lowest BCUT2D eigenvalue weighted by Gasteiger charge is -2.33. The van der Waals surface area contributed by atoms with Crippen molar-refractivity contribution in [2.75, 3.05) is 0 Å². The molecule has 0 aromatic heterocycles. The summed E-state index contributed by atoms with van der Waals surface area (Å²) >= 11 is 0. The van der Waals surface area contributed by atoms with Crippen LogP contribution in [0.4, 0.5) is 4.39 Å². The molecule has 0 aromatic rings. The molecule has 0 bridgehead atoms. The zero-order valence-electron chi connectivity index (χ0n) is 9.86. The topological polar surface area (TPSA) is 43.1 Å². The molecule has 0 spiro atoms. The van der Waals surface area contributed by atoms with E-state index >= 15 is 0 Å². The van der Waals surface area contributed by atoms with Gasteiger partial charge in [-0.1, -0.05) is 34.6 Å². The molecule has 0 heterocycles. The highest BCUT2D eigenvalue weighted by Gasteiger charge is 2.44. The molecule has 0 radical (unpaired) electrons. The summed E-state index contributed by atoms with van der Waals surface area (Å²) in [6.07, 6.45) is 0.805. The van der Waals surface area contributed by atoms with Gasteiger partial charge in [0.2, 0.25) is 0 Å². The summed E-state index contributed by atoms with van der Waals surface area (Å²) in [6, 6.07) is 0. The van der Waals surface area contributed by atoms with Crippen LogP contribution in [0.3, 0.4) is 0 Å². The molecule has 0 aliphatic heterocycles. The fraction of sp³-hybridized carbons (Fsp3) is 0.909. The van der Waals surface area contributed by atoms with E-state index in [0.29, 0.717) is 6.42 Å². The molecule has 0 fully saturated rings. The number of amides is 1. The standard InChI is InChI=1S/C11H22FNO/c1-6-8(2)11(12,9(13)14)7-10(3,4)5/h8H,6-7H2,1-5H3,(H2,13,14). The van der Waals surface area contributed by atoms with Crippen LogP contribution in [-0.4, -0.2) is 11.6 Å². The second-order valence-corrected chi connectivity index (χ2v) is 5.27. The molecule has 0 saturated carbocycles. The SMILES string of the molecule is CCC(C)C(F)(CC(C)(C)C)C(N)=O. The predicted molar refractivity (Wildman–Crippen MR) is 56.6 cm³/mol. The molecular formula is C11H22FNO. The monoisotopic (exact) mass is 203 g/mol. The first-order valence-electron chi connectivity index (χ1n) is 5.12. The van der Waals surface area contributed by atoms with E-state index in [1.165, 1.54) is 0 Å². The van der Waals surface area contributed by atoms with Crippen LogP contribution in [0.15, 0.2) is 0 Å².